The maximum atomic E-state index is 12.1. The molecule has 0 saturated carbocycles. The molecule has 1 aromatic heterocycles. The Kier molecular flexibility index (Phi) is 5.76. The van der Waals surface area contributed by atoms with Crippen LogP contribution in [-0.2, 0) is 6.54 Å². The van der Waals surface area contributed by atoms with Gasteiger partial charge in [-0.3, -0.25) is 9.69 Å². The molecule has 5 heteroatoms. The first-order valence-electron chi connectivity index (χ1n) is 8.94. The zero-order chi connectivity index (χ0) is 17.6. The number of furan rings is 1. The number of aryl methyl sites for hydroxylation is 1. The van der Waals surface area contributed by atoms with E-state index in [1.807, 2.05) is 12.1 Å². The Morgan fingerprint density at radius 2 is 2.28 bits per heavy atom. The van der Waals surface area contributed by atoms with E-state index in [0.717, 1.165) is 31.6 Å². The molecule has 0 aliphatic carbocycles. The van der Waals surface area contributed by atoms with Crippen LogP contribution in [0.5, 0.6) is 5.75 Å². The number of phenols is 1. The lowest BCUT2D eigenvalue weighted by atomic mass is 9.94. The molecule has 1 amide bonds. The second kappa shape index (κ2) is 8.21. The summed E-state index contributed by atoms with van der Waals surface area (Å²) < 4.78 is 5.18. The van der Waals surface area contributed by atoms with Gasteiger partial charge in [-0.25, -0.2) is 0 Å². The summed E-state index contributed by atoms with van der Waals surface area (Å²) in [5.74, 6) is 1.52. The number of amides is 1. The molecule has 1 aliphatic heterocycles. The largest absolute Gasteiger partial charge is 0.508 e. The molecule has 0 bridgehead atoms. The summed E-state index contributed by atoms with van der Waals surface area (Å²) in [5, 5.41) is 12.6. The number of nitrogens with zero attached hydrogens (tertiary/aromatic N) is 1. The lowest BCUT2D eigenvalue weighted by Gasteiger charge is -2.32. The maximum absolute atomic E-state index is 12.1. The molecule has 1 atom stereocenters. The predicted octanol–water partition coefficient (Wildman–Crippen LogP) is 3.33. The van der Waals surface area contributed by atoms with Crippen LogP contribution < -0.4 is 5.32 Å². The molecule has 2 aromatic rings. The first-order chi connectivity index (χ1) is 12.1. The molecule has 134 valence electrons. The van der Waals surface area contributed by atoms with Gasteiger partial charge in [0.25, 0.3) is 5.91 Å². The van der Waals surface area contributed by atoms with Crippen LogP contribution in [0.15, 0.2) is 41.0 Å². The van der Waals surface area contributed by atoms with Crippen molar-refractivity contribution in [2.45, 2.75) is 32.7 Å². The van der Waals surface area contributed by atoms with E-state index in [1.165, 1.54) is 12.8 Å². The maximum Gasteiger partial charge on any atom is 0.254 e. The van der Waals surface area contributed by atoms with Crippen LogP contribution in [-0.4, -0.2) is 35.5 Å². The van der Waals surface area contributed by atoms with Crippen LogP contribution >= 0.6 is 0 Å². The van der Waals surface area contributed by atoms with Crippen LogP contribution in [0.4, 0.5) is 0 Å². The van der Waals surface area contributed by atoms with Crippen LogP contribution in [0.2, 0.25) is 0 Å². The smallest absolute Gasteiger partial charge is 0.254 e. The van der Waals surface area contributed by atoms with Gasteiger partial charge < -0.3 is 14.8 Å². The number of carbonyl (C=O) groups excluding carboxylic acids is 1. The lowest BCUT2D eigenvalue weighted by Crippen LogP contribution is -2.36. The van der Waals surface area contributed by atoms with Crippen molar-refractivity contribution < 1.29 is 14.3 Å². The van der Waals surface area contributed by atoms with Gasteiger partial charge in [-0.15, -0.1) is 0 Å². The van der Waals surface area contributed by atoms with E-state index in [9.17, 15) is 9.90 Å². The number of hydrogen-bond donors (Lipinski definition) is 2. The number of benzene rings is 1. The number of carbonyl (C=O) groups is 1. The molecule has 0 unspecified atom stereocenters. The zero-order valence-electron chi connectivity index (χ0n) is 14.7. The van der Waals surface area contributed by atoms with Gasteiger partial charge in [0.05, 0.1) is 11.8 Å². The molecular formula is C20H26N2O3. The normalized spacial score (nSPS) is 18.2. The quantitative estimate of drug-likeness (QED) is 0.845. The highest BCUT2D eigenvalue weighted by molar-refractivity contribution is 5.94. The molecule has 2 N–H and O–H groups in total. The molecule has 5 nitrogen and oxygen atoms in total. The fourth-order valence-electron chi connectivity index (χ4n) is 3.55. The van der Waals surface area contributed by atoms with Gasteiger partial charge in [-0.2, -0.15) is 0 Å². The first-order valence-corrected chi connectivity index (χ1v) is 8.94. The van der Waals surface area contributed by atoms with Gasteiger partial charge in [0, 0.05) is 19.6 Å². The van der Waals surface area contributed by atoms with Crippen molar-refractivity contribution in [2.24, 2.45) is 5.92 Å². The number of phenolic OH excluding ortho intramolecular Hbond substituents is 1. The number of hydrogen-bond acceptors (Lipinski definition) is 4. The third-order valence-electron chi connectivity index (χ3n) is 4.86. The molecule has 1 aliphatic rings. The average molecular weight is 342 g/mol. The van der Waals surface area contributed by atoms with E-state index >= 15 is 0 Å². The van der Waals surface area contributed by atoms with Crippen LogP contribution in [0.1, 0.15) is 40.9 Å². The molecule has 3 rings (SSSR count). The highest BCUT2D eigenvalue weighted by atomic mass is 16.3. The van der Waals surface area contributed by atoms with E-state index in [1.54, 1.807) is 25.3 Å². The Labute approximate surface area is 148 Å². The third kappa shape index (κ3) is 4.86. The minimum atomic E-state index is -0.0568. The van der Waals surface area contributed by atoms with Crippen LogP contribution in [0.3, 0.4) is 0 Å². The SMILES string of the molecule is Cc1occc1C(=O)NCC[C@H]1CCCN(Cc2cccc(O)c2)C1. The van der Waals surface area contributed by atoms with Crippen molar-refractivity contribution in [2.75, 3.05) is 19.6 Å². The van der Waals surface area contributed by atoms with E-state index in [-0.39, 0.29) is 5.91 Å². The van der Waals surface area contributed by atoms with E-state index in [2.05, 4.69) is 16.3 Å². The van der Waals surface area contributed by atoms with Gasteiger partial charge in [0.2, 0.25) is 0 Å². The van der Waals surface area contributed by atoms with Crippen molar-refractivity contribution in [3.8, 4) is 5.75 Å². The molecule has 2 heterocycles. The molecule has 1 saturated heterocycles. The summed E-state index contributed by atoms with van der Waals surface area (Å²) in [5.41, 5.74) is 1.76. The number of aromatic hydroxyl groups is 1. The Morgan fingerprint density at radius 3 is 3.04 bits per heavy atom. The van der Waals surface area contributed by atoms with Gasteiger partial charge in [-0.1, -0.05) is 12.1 Å². The third-order valence-corrected chi connectivity index (χ3v) is 4.86. The first kappa shape index (κ1) is 17.5. The van der Waals surface area contributed by atoms with Crippen molar-refractivity contribution in [1.82, 2.24) is 10.2 Å². The molecule has 0 radical (unpaired) electrons. The van der Waals surface area contributed by atoms with E-state index in [4.69, 9.17) is 4.42 Å². The molecule has 0 spiro atoms. The zero-order valence-corrected chi connectivity index (χ0v) is 14.7. The topological polar surface area (TPSA) is 65.7 Å². The fraction of sp³-hybridized carbons (Fsp3) is 0.450. The Hall–Kier alpha value is -2.27. The van der Waals surface area contributed by atoms with Gasteiger partial charge in [0.1, 0.15) is 11.5 Å². The summed E-state index contributed by atoms with van der Waals surface area (Å²) in [6.07, 6.45) is 4.92. The molecule has 1 aromatic carbocycles. The van der Waals surface area contributed by atoms with Gasteiger partial charge in [0.15, 0.2) is 0 Å². The summed E-state index contributed by atoms with van der Waals surface area (Å²) in [4.78, 5) is 14.5. The highest BCUT2D eigenvalue weighted by Crippen LogP contribution is 2.22. The molecule has 25 heavy (non-hydrogen) atoms. The summed E-state index contributed by atoms with van der Waals surface area (Å²) in [6.45, 7) is 5.48. The van der Waals surface area contributed by atoms with E-state index < -0.39 is 0 Å². The van der Waals surface area contributed by atoms with E-state index in [0.29, 0.717) is 29.5 Å². The second-order valence-electron chi connectivity index (χ2n) is 6.85. The van der Waals surface area contributed by atoms with Crippen molar-refractivity contribution >= 4 is 5.91 Å². The summed E-state index contributed by atoms with van der Waals surface area (Å²) >= 11 is 0. The Morgan fingerprint density at radius 1 is 1.40 bits per heavy atom. The monoisotopic (exact) mass is 342 g/mol. The number of nitrogens with one attached hydrogen (secondary N) is 1. The predicted molar refractivity (Wildman–Crippen MR) is 96.5 cm³/mol. The average Bonchev–Trinajstić information content (AvgIpc) is 3.01. The van der Waals surface area contributed by atoms with Crippen molar-refractivity contribution in [1.29, 1.82) is 0 Å². The van der Waals surface area contributed by atoms with Crippen LogP contribution in [0, 0.1) is 12.8 Å². The minimum absolute atomic E-state index is 0.0568. The summed E-state index contributed by atoms with van der Waals surface area (Å²) in [7, 11) is 0. The molecular weight excluding hydrogens is 316 g/mol. The number of likely N-dealkylation sites (tertiary alicyclic amines) is 1. The van der Waals surface area contributed by atoms with Gasteiger partial charge >= 0.3 is 0 Å². The lowest BCUT2D eigenvalue weighted by molar-refractivity contribution is 0.0945. The number of rotatable bonds is 6. The number of piperidine rings is 1. The van der Waals surface area contributed by atoms with Gasteiger partial charge in [-0.05, 0) is 62.4 Å². The standard InChI is InChI=1S/C20H26N2O3/c1-15-19(8-11-25-15)20(24)21-9-7-16-5-3-10-22(13-16)14-17-4-2-6-18(23)12-17/h2,4,6,8,11-12,16,23H,3,5,7,9-10,13-14H2,1H3,(H,21,24)/t16-/m1/s1. The minimum Gasteiger partial charge on any atom is -0.508 e. The van der Waals surface area contributed by atoms with Crippen molar-refractivity contribution in [3.63, 3.8) is 0 Å². The fourth-order valence-corrected chi connectivity index (χ4v) is 3.55. The molecule has 1 fully saturated rings. The second-order valence-corrected chi connectivity index (χ2v) is 6.85. The van der Waals surface area contributed by atoms with Crippen LogP contribution in [0.25, 0.3) is 0 Å². The summed E-state index contributed by atoms with van der Waals surface area (Å²) in [6, 6.07) is 9.18. The Bertz CT molecular complexity index is 710. The Balaban J connectivity index is 1.44. The van der Waals surface area contributed by atoms with Crippen molar-refractivity contribution in [3.05, 3.63) is 53.5 Å². The highest BCUT2D eigenvalue weighted by Gasteiger charge is 2.20.